The van der Waals surface area contributed by atoms with Gasteiger partial charge in [-0.1, -0.05) is 13.3 Å². The number of carboxylic acid groups (broad SMARTS) is 1. The minimum atomic E-state index is -3.09. The molecule has 0 saturated carbocycles. The quantitative estimate of drug-likeness (QED) is 0.587. The van der Waals surface area contributed by atoms with Gasteiger partial charge in [0.05, 0.1) is 11.5 Å². The van der Waals surface area contributed by atoms with Gasteiger partial charge in [0.1, 0.15) is 6.04 Å². The largest absolute Gasteiger partial charge is 0.480 e. The molecule has 1 aliphatic heterocycles. The van der Waals surface area contributed by atoms with Gasteiger partial charge < -0.3 is 15.7 Å². The van der Waals surface area contributed by atoms with Gasteiger partial charge in [0.15, 0.2) is 9.84 Å². The Kier molecular flexibility index (Phi) is 5.74. The normalized spacial score (nSPS) is 23.5. The van der Waals surface area contributed by atoms with Crippen LogP contribution in [0, 0.1) is 0 Å². The molecule has 110 valence electrons. The average Bonchev–Trinajstić information content (AvgIpc) is 2.26. The molecule has 1 saturated heterocycles. The van der Waals surface area contributed by atoms with Crippen molar-refractivity contribution in [3.05, 3.63) is 0 Å². The smallest absolute Gasteiger partial charge is 0.326 e. The van der Waals surface area contributed by atoms with E-state index in [0.29, 0.717) is 19.4 Å². The van der Waals surface area contributed by atoms with Crippen LogP contribution in [0.25, 0.3) is 0 Å². The zero-order chi connectivity index (χ0) is 14.5. The molecule has 0 aromatic carbocycles. The summed E-state index contributed by atoms with van der Waals surface area (Å²) >= 11 is 0. The Morgan fingerprint density at radius 3 is 2.68 bits per heavy atom. The minimum Gasteiger partial charge on any atom is -0.480 e. The fourth-order valence-electron chi connectivity index (χ4n) is 2.02. The highest BCUT2D eigenvalue weighted by atomic mass is 32.2. The van der Waals surface area contributed by atoms with Gasteiger partial charge in [-0.2, -0.15) is 0 Å². The SMILES string of the molecule is CCC[C@H](NC(=O)CC1CS(=O)(=O)CCN1)C(=O)O. The molecule has 1 aliphatic rings. The van der Waals surface area contributed by atoms with Crippen LogP contribution in [-0.4, -0.2) is 55.5 Å². The molecule has 1 amide bonds. The van der Waals surface area contributed by atoms with Crippen molar-refractivity contribution < 1.29 is 23.1 Å². The van der Waals surface area contributed by atoms with Crippen molar-refractivity contribution in [1.29, 1.82) is 0 Å². The van der Waals surface area contributed by atoms with Gasteiger partial charge in [-0.25, -0.2) is 13.2 Å². The summed E-state index contributed by atoms with van der Waals surface area (Å²) in [6, 6.07) is -1.34. The molecule has 8 heteroatoms. The van der Waals surface area contributed by atoms with E-state index in [-0.39, 0.29) is 17.9 Å². The maximum Gasteiger partial charge on any atom is 0.326 e. The third-order valence-corrected chi connectivity index (χ3v) is 4.68. The van der Waals surface area contributed by atoms with Gasteiger partial charge in [-0.05, 0) is 6.42 Å². The van der Waals surface area contributed by atoms with E-state index in [1.165, 1.54) is 0 Å². The van der Waals surface area contributed by atoms with E-state index in [1.54, 1.807) is 0 Å². The molecule has 1 fully saturated rings. The Labute approximate surface area is 112 Å². The summed E-state index contributed by atoms with van der Waals surface area (Å²) in [4.78, 5) is 22.6. The summed E-state index contributed by atoms with van der Waals surface area (Å²) in [5.41, 5.74) is 0. The fourth-order valence-corrected chi connectivity index (χ4v) is 3.47. The first-order valence-electron chi connectivity index (χ1n) is 6.30. The first-order chi connectivity index (χ1) is 8.84. The van der Waals surface area contributed by atoms with Crippen LogP contribution in [0.2, 0.25) is 0 Å². The average molecular weight is 292 g/mol. The maximum atomic E-state index is 11.7. The van der Waals surface area contributed by atoms with E-state index in [1.807, 2.05) is 6.92 Å². The van der Waals surface area contributed by atoms with Crippen molar-refractivity contribution in [1.82, 2.24) is 10.6 Å². The molecule has 0 radical (unpaired) electrons. The Morgan fingerprint density at radius 2 is 2.16 bits per heavy atom. The van der Waals surface area contributed by atoms with Crippen molar-refractivity contribution in [2.45, 2.75) is 38.3 Å². The predicted molar refractivity (Wildman–Crippen MR) is 69.5 cm³/mol. The van der Waals surface area contributed by atoms with Crippen LogP contribution >= 0.6 is 0 Å². The Hall–Kier alpha value is -1.15. The molecule has 3 N–H and O–H groups in total. The fraction of sp³-hybridized carbons (Fsp3) is 0.818. The highest BCUT2D eigenvalue weighted by Crippen LogP contribution is 2.06. The van der Waals surface area contributed by atoms with Crippen molar-refractivity contribution in [3.63, 3.8) is 0 Å². The lowest BCUT2D eigenvalue weighted by Crippen LogP contribution is -2.49. The lowest BCUT2D eigenvalue weighted by Gasteiger charge is -2.23. The number of carbonyl (C=O) groups is 2. The summed E-state index contributed by atoms with van der Waals surface area (Å²) < 4.78 is 22.8. The van der Waals surface area contributed by atoms with Crippen LogP contribution in [0.3, 0.4) is 0 Å². The molecule has 0 aliphatic carbocycles. The van der Waals surface area contributed by atoms with Crippen molar-refractivity contribution >= 4 is 21.7 Å². The van der Waals surface area contributed by atoms with Gasteiger partial charge >= 0.3 is 5.97 Å². The summed E-state index contributed by atoms with van der Waals surface area (Å²) in [6.07, 6.45) is 0.984. The lowest BCUT2D eigenvalue weighted by atomic mass is 10.1. The second-order valence-electron chi connectivity index (χ2n) is 4.72. The third kappa shape index (κ3) is 5.56. The molecule has 0 aromatic heterocycles. The Morgan fingerprint density at radius 1 is 1.47 bits per heavy atom. The van der Waals surface area contributed by atoms with Crippen molar-refractivity contribution in [2.75, 3.05) is 18.1 Å². The first-order valence-corrected chi connectivity index (χ1v) is 8.12. The maximum absolute atomic E-state index is 11.7. The molecule has 0 spiro atoms. The minimum absolute atomic E-state index is 0.0211. The standard InChI is InChI=1S/C11H20N2O5S/c1-2-3-9(11(15)16)13-10(14)6-8-7-19(17,18)5-4-12-8/h8-9,12H,2-7H2,1H3,(H,13,14)(H,15,16)/t8?,9-/m0/s1. The molecule has 1 unspecified atom stereocenters. The predicted octanol–water partition coefficient (Wildman–Crippen LogP) is -0.867. The van der Waals surface area contributed by atoms with Gasteiger partial charge in [-0.3, -0.25) is 4.79 Å². The molecular weight excluding hydrogens is 272 g/mol. The van der Waals surface area contributed by atoms with E-state index < -0.39 is 33.8 Å². The summed E-state index contributed by atoms with van der Waals surface area (Å²) in [7, 11) is -3.09. The van der Waals surface area contributed by atoms with Gasteiger partial charge in [0, 0.05) is 19.0 Å². The zero-order valence-electron chi connectivity index (χ0n) is 10.9. The first kappa shape index (κ1) is 15.9. The van der Waals surface area contributed by atoms with E-state index >= 15 is 0 Å². The molecule has 0 aromatic rings. The summed E-state index contributed by atoms with van der Waals surface area (Å²) in [5, 5.41) is 14.3. The number of nitrogens with one attached hydrogen (secondary N) is 2. The third-order valence-electron chi connectivity index (χ3n) is 2.94. The highest BCUT2D eigenvalue weighted by molar-refractivity contribution is 7.91. The van der Waals surface area contributed by atoms with Gasteiger partial charge in [0.25, 0.3) is 0 Å². The second-order valence-corrected chi connectivity index (χ2v) is 6.95. The van der Waals surface area contributed by atoms with Gasteiger partial charge in [-0.15, -0.1) is 0 Å². The number of rotatable bonds is 6. The molecule has 7 nitrogen and oxygen atoms in total. The van der Waals surface area contributed by atoms with Crippen LogP contribution < -0.4 is 10.6 Å². The topological polar surface area (TPSA) is 113 Å². The van der Waals surface area contributed by atoms with Gasteiger partial charge in [0.2, 0.25) is 5.91 Å². The second kappa shape index (κ2) is 6.85. The summed E-state index contributed by atoms with van der Waals surface area (Å²) in [5.74, 6) is -1.50. The molecule has 1 heterocycles. The number of hydrogen-bond acceptors (Lipinski definition) is 5. The molecule has 19 heavy (non-hydrogen) atoms. The molecule has 0 bridgehead atoms. The number of hydrogen-bond donors (Lipinski definition) is 3. The van der Waals surface area contributed by atoms with Crippen molar-refractivity contribution in [3.8, 4) is 0 Å². The monoisotopic (exact) mass is 292 g/mol. The van der Waals surface area contributed by atoms with Crippen LogP contribution in [0.15, 0.2) is 0 Å². The molecule has 2 atom stereocenters. The van der Waals surface area contributed by atoms with Crippen molar-refractivity contribution in [2.24, 2.45) is 0 Å². The lowest BCUT2D eigenvalue weighted by molar-refractivity contribution is -0.142. The van der Waals surface area contributed by atoms with Crippen LogP contribution in [0.1, 0.15) is 26.2 Å². The molecular formula is C11H20N2O5S. The zero-order valence-corrected chi connectivity index (χ0v) is 11.7. The van der Waals surface area contributed by atoms with E-state index in [2.05, 4.69) is 10.6 Å². The molecule has 1 rings (SSSR count). The van der Waals surface area contributed by atoms with Crippen LogP contribution in [0.4, 0.5) is 0 Å². The van der Waals surface area contributed by atoms with Crippen LogP contribution in [0.5, 0.6) is 0 Å². The van der Waals surface area contributed by atoms with E-state index in [0.717, 1.165) is 0 Å². The van der Waals surface area contributed by atoms with Crippen LogP contribution in [-0.2, 0) is 19.4 Å². The highest BCUT2D eigenvalue weighted by Gasteiger charge is 2.27. The Bertz CT molecular complexity index is 434. The van der Waals surface area contributed by atoms with E-state index in [9.17, 15) is 18.0 Å². The Balaban J connectivity index is 2.48. The summed E-state index contributed by atoms with van der Waals surface area (Å²) in [6.45, 7) is 2.16. The number of amides is 1. The number of carbonyl (C=O) groups excluding carboxylic acids is 1. The number of carboxylic acids is 1. The van der Waals surface area contributed by atoms with E-state index in [4.69, 9.17) is 5.11 Å². The number of aliphatic carboxylic acids is 1. The number of sulfone groups is 1.